The summed E-state index contributed by atoms with van der Waals surface area (Å²) in [6, 6.07) is 46.2. The van der Waals surface area contributed by atoms with Crippen molar-refractivity contribution in [3.05, 3.63) is 191 Å². The van der Waals surface area contributed by atoms with E-state index in [1.165, 1.54) is 0 Å². The number of aromatic amines is 2. The van der Waals surface area contributed by atoms with E-state index in [9.17, 15) is 9.59 Å². The maximum absolute atomic E-state index is 13.3. The van der Waals surface area contributed by atoms with Gasteiger partial charge < -0.3 is 9.97 Å². The van der Waals surface area contributed by atoms with Gasteiger partial charge in [0.2, 0.25) is 11.6 Å². The Labute approximate surface area is 232 Å². The van der Waals surface area contributed by atoms with Crippen LogP contribution in [0.5, 0.6) is 0 Å². The Bertz CT molecular complexity index is 1660. The maximum atomic E-state index is 13.3. The molecule has 4 aromatic carbocycles. The Morgan fingerprint density at radius 2 is 0.600 bits per heavy atom. The molecule has 0 bridgehead atoms. The van der Waals surface area contributed by atoms with Gasteiger partial charge in [0.1, 0.15) is 0 Å². The molecule has 4 nitrogen and oxygen atoms in total. The molecule has 2 heterocycles. The zero-order valence-corrected chi connectivity index (χ0v) is 21.7. The predicted octanol–water partition coefficient (Wildman–Crippen LogP) is 7.81. The van der Waals surface area contributed by atoms with Crippen LogP contribution in [0.2, 0.25) is 0 Å². The smallest absolute Gasteiger partial charge is 0.209 e. The molecule has 192 valence electrons. The van der Waals surface area contributed by atoms with Gasteiger partial charge in [0, 0.05) is 33.7 Å². The fourth-order valence-corrected chi connectivity index (χ4v) is 4.92. The number of ketones is 2. The van der Waals surface area contributed by atoms with Gasteiger partial charge in [0.05, 0.1) is 11.4 Å². The van der Waals surface area contributed by atoms with Gasteiger partial charge in [-0.15, -0.1) is 0 Å². The van der Waals surface area contributed by atoms with Crippen LogP contribution >= 0.6 is 0 Å². The Balaban J connectivity index is 1.54. The van der Waals surface area contributed by atoms with Gasteiger partial charge in [-0.1, -0.05) is 121 Å². The second-order valence-corrected chi connectivity index (χ2v) is 9.44. The molecule has 0 aliphatic rings. The standard InChI is InChI=1S/C36H26N2O2/c39-35(27-17-9-3-10-18-27)31-23-21-29(37-31)33(25-13-5-1-6-14-25)34(26-15-7-2-8-16-26)30-22-24-32(38-30)36(40)28-19-11-4-12-20-28/h1-24,37-38H/b34-33+. The Hall–Kier alpha value is -5.48. The first-order valence-electron chi connectivity index (χ1n) is 13.1. The summed E-state index contributed by atoms with van der Waals surface area (Å²) in [7, 11) is 0. The minimum atomic E-state index is -0.0730. The zero-order chi connectivity index (χ0) is 27.3. The van der Waals surface area contributed by atoms with Gasteiger partial charge in [-0.2, -0.15) is 0 Å². The molecule has 0 aliphatic carbocycles. The van der Waals surface area contributed by atoms with Crippen LogP contribution in [0.1, 0.15) is 54.6 Å². The van der Waals surface area contributed by atoms with E-state index in [1.54, 1.807) is 0 Å². The molecule has 6 aromatic rings. The lowest BCUT2D eigenvalue weighted by Gasteiger charge is -2.16. The van der Waals surface area contributed by atoms with Gasteiger partial charge in [0.25, 0.3) is 0 Å². The molecule has 0 fully saturated rings. The molecule has 0 spiro atoms. The third kappa shape index (κ3) is 4.98. The molecule has 0 aliphatic heterocycles. The Morgan fingerprint density at radius 1 is 0.325 bits per heavy atom. The number of hydrogen-bond donors (Lipinski definition) is 2. The molecule has 0 unspecified atom stereocenters. The van der Waals surface area contributed by atoms with Gasteiger partial charge >= 0.3 is 0 Å². The van der Waals surface area contributed by atoms with Crippen LogP contribution in [-0.4, -0.2) is 21.5 Å². The number of carbonyl (C=O) groups excluding carboxylic acids is 2. The average Bonchev–Trinajstić information content (AvgIpc) is 3.72. The first-order chi connectivity index (χ1) is 19.7. The number of benzene rings is 4. The Kier molecular flexibility index (Phi) is 6.89. The molecular weight excluding hydrogens is 492 g/mol. The van der Waals surface area contributed by atoms with E-state index in [0.29, 0.717) is 22.5 Å². The summed E-state index contributed by atoms with van der Waals surface area (Å²) in [6.07, 6.45) is 0. The minimum absolute atomic E-state index is 0.0730. The first-order valence-corrected chi connectivity index (χ1v) is 13.1. The molecular formula is C36H26N2O2. The van der Waals surface area contributed by atoms with Crippen LogP contribution in [0.4, 0.5) is 0 Å². The van der Waals surface area contributed by atoms with Crippen LogP contribution in [0.25, 0.3) is 11.1 Å². The van der Waals surface area contributed by atoms with E-state index >= 15 is 0 Å². The molecule has 0 radical (unpaired) electrons. The van der Waals surface area contributed by atoms with E-state index in [1.807, 2.05) is 121 Å². The van der Waals surface area contributed by atoms with E-state index in [0.717, 1.165) is 33.7 Å². The van der Waals surface area contributed by atoms with E-state index < -0.39 is 0 Å². The van der Waals surface area contributed by atoms with Crippen molar-refractivity contribution in [2.45, 2.75) is 0 Å². The lowest BCUT2D eigenvalue weighted by Crippen LogP contribution is -2.04. The number of hydrogen-bond acceptors (Lipinski definition) is 2. The average molecular weight is 519 g/mol. The minimum Gasteiger partial charge on any atom is -0.352 e. The van der Waals surface area contributed by atoms with Crippen LogP contribution < -0.4 is 0 Å². The normalized spacial score (nSPS) is 11.6. The SMILES string of the molecule is O=C(c1ccccc1)c1ccc(/C(=C(\c2ccccc2)c2ccc(C(=O)c3ccccc3)[nH]2)c2ccccc2)[nH]1. The van der Waals surface area contributed by atoms with Crippen LogP contribution in [0, 0.1) is 0 Å². The summed E-state index contributed by atoms with van der Waals surface area (Å²) < 4.78 is 0. The summed E-state index contributed by atoms with van der Waals surface area (Å²) in [6.45, 7) is 0. The monoisotopic (exact) mass is 518 g/mol. The lowest BCUT2D eigenvalue weighted by molar-refractivity contribution is 0.102. The van der Waals surface area contributed by atoms with Crippen molar-refractivity contribution < 1.29 is 9.59 Å². The third-order valence-electron chi connectivity index (χ3n) is 6.85. The summed E-state index contributed by atoms with van der Waals surface area (Å²) in [5, 5.41) is 0. The summed E-state index contributed by atoms with van der Waals surface area (Å²) in [5.74, 6) is -0.146. The number of H-pyrrole nitrogens is 2. The Morgan fingerprint density at radius 3 is 0.925 bits per heavy atom. The van der Waals surface area contributed by atoms with Crippen molar-refractivity contribution in [1.82, 2.24) is 9.97 Å². The second kappa shape index (κ2) is 11.1. The van der Waals surface area contributed by atoms with Crippen LogP contribution in [0.3, 0.4) is 0 Å². The molecule has 6 rings (SSSR count). The van der Waals surface area contributed by atoms with Gasteiger partial charge in [0.15, 0.2) is 0 Å². The van der Waals surface area contributed by atoms with Crippen molar-refractivity contribution in [2.24, 2.45) is 0 Å². The zero-order valence-electron chi connectivity index (χ0n) is 21.7. The van der Waals surface area contributed by atoms with Crippen molar-refractivity contribution >= 4 is 22.7 Å². The molecule has 0 amide bonds. The summed E-state index contributed by atoms with van der Waals surface area (Å²) >= 11 is 0. The topological polar surface area (TPSA) is 65.7 Å². The number of carbonyl (C=O) groups is 2. The molecule has 2 aromatic heterocycles. The second-order valence-electron chi connectivity index (χ2n) is 9.44. The maximum Gasteiger partial charge on any atom is 0.209 e. The van der Waals surface area contributed by atoms with Crippen molar-refractivity contribution in [3.8, 4) is 0 Å². The summed E-state index contributed by atoms with van der Waals surface area (Å²) in [4.78, 5) is 33.3. The van der Waals surface area contributed by atoms with Gasteiger partial charge in [-0.3, -0.25) is 9.59 Å². The van der Waals surface area contributed by atoms with E-state index in [2.05, 4.69) is 34.2 Å². The highest BCUT2D eigenvalue weighted by molar-refractivity contribution is 6.10. The van der Waals surface area contributed by atoms with Gasteiger partial charge in [-0.25, -0.2) is 0 Å². The van der Waals surface area contributed by atoms with Crippen LogP contribution in [0.15, 0.2) is 146 Å². The van der Waals surface area contributed by atoms with Gasteiger partial charge in [-0.05, 0) is 35.4 Å². The number of nitrogens with one attached hydrogen (secondary N) is 2. The highest BCUT2D eigenvalue weighted by Gasteiger charge is 2.21. The van der Waals surface area contributed by atoms with Crippen LogP contribution in [-0.2, 0) is 0 Å². The molecule has 0 saturated carbocycles. The number of aromatic nitrogens is 2. The quantitative estimate of drug-likeness (QED) is 0.159. The van der Waals surface area contributed by atoms with E-state index in [-0.39, 0.29) is 11.6 Å². The molecule has 40 heavy (non-hydrogen) atoms. The van der Waals surface area contributed by atoms with E-state index in [4.69, 9.17) is 0 Å². The molecule has 0 atom stereocenters. The number of rotatable bonds is 8. The van der Waals surface area contributed by atoms with Crippen molar-refractivity contribution in [3.63, 3.8) is 0 Å². The highest BCUT2D eigenvalue weighted by atomic mass is 16.1. The predicted molar refractivity (Wildman–Crippen MR) is 159 cm³/mol. The van der Waals surface area contributed by atoms with Crippen molar-refractivity contribution in [1.29, 1.82) is 0 Å². The highest BCUT2D eigenvalue weighted by Crippen LogP contribution is 2.36. The fourth-order valence-electron chi connectivity index (χ4n) is 4.92. The molecule has 4 heteroatoms. The third-order valence-corrected chi connectivity index (χ3v) is 6.85. The molecule has 0 saturated heterocycles. The fraction of sp³-hybridized carbons (Fsp3) is 0. The lowest BCUT2D eigenvalue weighted by atomic mass is 9.90. The van der Waals surface area contributed by atoms with Crippen molar-refractivity contribution in [2.75, 3.05) is 0 Å². The largest absolute Gasteiger partial charge is 0.352 e. The summed E-state index contributed by atoms with van der Waals surface area (Å²) in [5.41, 5.74) is 7.65. The molecule has 2 N–H and O–H groups in total. The first kappa shape index (κ1) is 24.8.